The van der Waals surface area contributed by atoms with Gasteiger partial charge in [-0.05, 0) is 61.6 Å². The Morgan fingerprint density at radius 3 is 2.53 bits per heavy atom. The minimum Gasteiger partial charge on any atom is -0.367 e. The first kappa shape index (κ1) is 20.6. The van der Waals surface area contributed by atoms with Crippen molar-refractivity contribution in [1.82, 2.24) is 10.2 Å². The Labute approximate surface area is 178 Å². The van der Waals surface area contributed by atoms with E-state index in [4.69, 9.17) is 0 Å². The molecular weight excluding hydrogens is 377 g/mol. The number of aryl methyl sites for hydroxylation is 1. The van der Waals surface area contributed by atoms with Gasteiger partial charge in [0.25, 0.3) is 0 Å². The lowest BCUT2D eigenvalue weighted by atomic mass is 9.92. The summed E-state index contributed by atoms with van der Waals surface area (Å²) in [5.41, 5.74) is 4.09. The fourth-order valence-corrected chi connectivity index (χ4v) is 4.31. The zero-order valence-electron chi connectivity index (χ0n) is 17.4. The van der Waals surface area contributed by atoms with Crippen LogP contribution in [0.25, 0.3) is 6.08 Å². The first-order valence-corrected chi connectivity index (χ1v) is 11.0. The number of halogens is 1. The number of fused-ring (bicyclic) bond motifs is 1. The first-order chi connectivity index (χ1) is 14.7. The summed E-state index contributed by atoms with van der Waals surface area (Å²) in [7, 11) is 0. The van der Waals surface area contributed by atoms with E-state index < -0.39 is 0 Å². The van der Waals surface area contributed by atoms with Crippen molar-refractivity contribution in [2.45, 2.75) is 25.7 Å². The van der Waals surface area contributed by atoms with Crippen LogP contribution in [-0.2, 0) is 11.2 Å². The summed E-state index contributed by atoms with van der Waals surface area (Å²) in [5.74, 6) is -0.0683. The molecule has 4 rings (SSSR count). The van der Waals surface area contributed by atoms with Gasteiger partial charge in [0.1, 0.15) is 5.82 Å². The molecule has 1 amide bonds. The maximum absolute atomic E-state index is 13.9. The van der Waals surface area contributed by atoms with E-state index in [2.05, 4.69) is 33.3 Å². The average molecular weight is 408 g/mol. The fraction of sp³-hybridized carbons (Fsp3) is 0.400. The molecule has 1 aliphatic heterocycles. The highest BCUT2D eigenvalue weighted by atomic mass is 19.1. The highest BCUT2D eigenvalue weighted by Crippen LogP contribution is 2.23. The van der Waals surface area contributed by atoms with E-state index in [9.17, 15) is 9.18 Å². The van der Waals surface area contributed by atoms with Gasteiger partial charge in [-0.3, -0.25) is 9.69 Å². The van der Waals surface area contributed by atoms with Crippen molar-refractivity contribution >= 4 is 17.7 Å². The number of carbonyl (C=O) groups is 1. The maximum Gasteiger partial charge on any atom is 0.247 e. The molecule has 0 saturated carbocycles. The van der Waals surface area contributed by atoms with Crippen molar-refractivity contribution in [3.63, 3.8) is 0 Å². The van der Waals surface area contributed by atoms with E-state index in [1.54, 1.807) is 6.07 Å². The van der Waals surface area contributed by atoms with Crippen LogP contribution >= 0.6 is 0 Å². The second kappa shape index (κ2) is 9.90. The number of para-hydroxylation sites is 1. The molecule has 30 heavy (non-hydrogen) atoms. The molecule has 0 unspecified atom stereocenters. The molecule has 0 radical (unpaired) electrons. The van der Waals surface area contributed by atoms with E-state index in [0.717, 1.165) is 64.0 Å². The van der Waals surface area contributed by atoms with Crippen LogP contribution in [0.5, 0.6) is 0 Å². The number of piperazine rings is 1. The zero-order chi connectivity index (χ0) is 20.8. The summed E-state index contributed by atoms with van der Waals surface area (Å²) in [6, 6.07) is 15.3. The van der Waals surface area contributed by atoms with Crippen molar-refractivity contribution in [3.05, 3.63) is 71.0 Å². The van der Waals surface area contributed by atoms with Gasteiger partial charge in [-0.2, -0.15) is 0 Å². The highest BCUT2D eigenvalue weighted by Gasteiger charge is 2.19. The summed E-state index contributed by atoms with van der Waals surface area (Å²) < 4.78 is 13.9. The molecule has 0 spiro atoms. The lowest BCUT2D eigenvalue weighted by Gasteiger charge is -2.36. The lowest BCUT2D eigenvalue weighted by Crippen LogP contribution is -2.47. The van der Waals surface area contributed by atoms with Crippen LogP contribution < -0.4 is 10.2 Å². The number of nitrogens with one attached hydrogen (secondary N) is 1. The van der Waals surface area contributed by atoms with Crippen molar-refractivity contribution < 1.29 is 9.18 Å². The van der Waals surface area contributed by atoms with Gasteiger partial charge < -0.3 is 10.2 Å². The third-order valence-electron chi connectivity index (χ3n) is 6.09. The van der Waals surface area contributed by atoms with Gasteiger partial charge in [0.2, 0.25) is 5.91 Å². The molecule has 1 fully saturated rings. The largest absolute Gasteiger partial charge is 0.367 e. The number of unbranched alkanes of at least 4 members (excludes halogenated alkanes) is 1. The molecule has 0 aromatic heterocycles. The zero-order valence-corrected chi connectivity index (χ0v) is 17.4. The number of anilines is 1. The van der Waals surface area contributed by atoms with Gasteiger partial charge in [-0.15, -0.1) is 0 Å². The number of hydrogen-bond donors (Lipinski definition) is 1. The molecule has 2 aromatic carbocycles. The SMILES string of the molecule is O=C(NCCCCN1CCN(c2ccccc2F)CC1)C1=Cc2ccccc2CC1. The normalized spacial score (nSPS) is 16.7. The van der Waals surface area contributed by atoms with Gasteiger partial charge in [0.05, 0.1) is 5.69 Å². The molecule has 1 N–H and O–H groups in total. The average Bonchev–Trinajstić information content (AvgIpc) is 2.79. The minimum atomic E-state index is -0.140. The number of nitrogens with zero attached hydrogens (tertiary/aromatic N) is 2. The predicted octanol–water partition coefficient (Wildman–Crippen LogP) is 3.87. The van der Waals surface area contributed by atoms with Crippen LogP contribution in [0.15, 0.2) is 54.1 Å². The Kier molecular flexibility index (Phi) is 6.80. The third kappa shape index (κ3) is 5.08. The van der Waals surface area contributed by atoms with E-state index in [0.29, 0.717) is 12.2 Å². The van der Waals surface area contributed by atoms with Gasteiger partial charge >= 0.3 is 0 Å². The van der Waals surface area contributed by atoms with Crippen LogP contribution in [-0.4, -0.2) is 50.1 Å². The van der Waals surface area contributed by atoms with Gasteiger partial charge in [0.15, 0.2) is 0 Å². The molecule has 158 valence electrons. The minimum absolute atomic E-state index is 0.0722. The van der Waals surface area contributed by atoms with E-state index in [1.165, 1.54) is 17.2 Å². The Bertz CT molecular complexity index is 903. The Morgan fingerprint density at radius 2 is 1.70 bits per heavy atom. The molecule has 1 saturated heterocycles. The summed E-state index contributed by atoms with van der Waals surface area (Å²) in [6.07, 6.45) is 5.82. The molecule has 2 aromatic rings. The molecule has 0 atom stereocenters. The van der Waals surface area contributed by atoms with Crippen LogP contribution in [0.1, 0.15) is 30.4 Å². The quantitative estimate of drug-likeness (QED) is 0.708. The summed E-state index contributed by atoms with van der Waals surface area (Å²) in [5, 5.41) is 3.08. The van der Waals surface area contributed by atoms with Crippen molar-refractivity contribution in [3.8, 4) is 0 Å². The molecule has 0 bridgehead atoms. The smallest absolute Gasteiger partial charge is 0.247 e. The van der Waals surface area contributed by atoms with Gasteiger partial charge in [-0.25, -0.2) is 4.39 Å². The summed E-state index contributed by atoms with van der Waals surface area (Å²) in [6.45, 7) is 5.35. The molecule has 2 aliphatic rings. The first-order valence-electron chi connectivity index (χ1n) is 11.0. The van der Waals surface area contributed by atoms with Crippen molar-refractivity contribution in [2.75, 3.05) is 44.2 Å². The summed E-state index contributed by atoms with van der Waals surface area (Å²) >= 11 is 0. The number of benzene rings is 2. The topological polar surface area (TPSA) is 35.6 Å². The number of rotatable bonds is 7. The molecule has 5 heteroatoms. The molecule has 1 heterocycles. The predicted molar refractivity (Wildman–Crippen MR) is 120 cm³/mol. The fourth-order valence-electron chi connectivity index (χ4n) is 4.31. The molecular formula is C25H30FN3O. The van der Waals surface area contributed by atoms with E-state index in [1.807, 2.05) is 24.3 Å². The van der Waals surface area contributed by atoms with Crippen LogP contribution in [0.2, 0.25) is 0 Å². The van der Waals surface area contributed by atoms with Crippen molar-refractivity contribution in [1.29, 1.82) is 0 Å². The van der Waals surface area contributed by atoms with Gasteiger partial charge in [0, 0.05) is 38.3 Å². The highest BCUT2D eigenvalue weighted by molar-refractivity contribution is 5.98. The van der Waals surface area contributed by atoms with Crippen molar-refractivity contribution in [2.24, 2.45) is 0 Å². The third-order valence-corrected chi connectivity index (χ3v) is 6.09. The van der Waals surface area contributed by atoms with E-state index in [-0.39, 0.29) is 11.7 Å². The Hall–Kier alpha value is -2.66. The monoisotopic (exact) mass is 407 g/mol. The van der Waals surface area contributed by atoms with Gasteiger partial charge in [-0.1, -0.05) is 36.4 Å². The molecule has 4 nitrogen and oxygen atoms in total. The van der Waals surface area contributed by atoms with Crippen LogP contribution in [0.3, 0.4) is 0 Å². The van der Waals surface area contributed by atoms with Crippen LogP contribution in [0, 0.1) is 5.82 Å². The Morgan fingerprint density at radius 1 is 0.933 bits per heavy atom. The second-order valence-corrected chi connectivity index (χ2v) is 8.11. The lowest BCUT2D eigenvalue weighted by molar-refractivity contribution is -0.117. The number of hydrogen-bond acceptors (Lipinski definition) is 3. The van der Waals surface area contributed by atoms with Crippen LogP contribution in [0.4, 0.5) is 10.1 Å². The number of amides is 1. The standard InChI is InChI=1S/C25H30FN3O/c26-23-9-3-4-10-24(23)29-17-15-28(16-18-29)14-6-5-13-27-25(30)22-12-11-20-7-1-2-8-21(20)19-22/h1-4,7-10,19H,5-6,11-18H2,(H,27,30). The summed E-state index contributed by atoms with van der Waals surface area (Å²) in [4.78, 5) is 17.0. The molecule has 1 aliphatic carbocycles. The number of carbonyl (C=O) groups excluding carboxylic acids is 1. The van der Waals surface area contributed by atoms with E-state index >= 15 is 0 Å². The second-order valence-electron chi connectivity index (χ2n) is 8.11. The maximum atomic E-state index is 13.9. The Balaban J connectivity index is 1.13.